The quantitative estimate of drug-likeness (QED) is 0.386. The van der Waals surface area contributed by atoms with E-state index in [-0.39, 0.29) is 5.76 Å². The van der Waals surface area contributed by atoms with E-state index in [1.54, 1.807) is 0 Å². The third kappa shape index (κ3) is 3.58. The van der Waals surface area contributed by atoms with E-state index in [1.165, 1.54) is 0 Å². The normalized spacial score (nSPS) is 8.56. The molecule has 0 aliphatic rings. The maximum Gasteiger partial charge on any atom is 0.134 e. The van der Waals surface area contributed by atoms with Gasteiger partial charge in [-0.15, -0.1) is 0 Å². The Balaban J connectivity index is 3.39. The second kappa shape index (κ2) is 3.95. The second-order valence-corrected chi connectivity index (χ2v) is 1.56. The van der Waals surface area contributed by atoms with E-state index in [1.807, 2.05) is 6.92 Å². The van der Waals surface area contributed by atoms with Crippen LogP contribution >= 0.6 is 0 Å². The van der Waals surface area contributed by atoms with Crippen LogP contribution in [0.25, 0.3) is 0 Å². The number of ether oxygens (including phenoxy) is 1. The number of carbonyl (C=O) groups is 1. The average molecular weight is 129 g/mol. The minimum Gasteiger partial charge on any atom is -0.542 e. The van der Waals surface area contributed by atoms with Gasteiger partial charge in [0.05, 0.1) is 6.61 Å². The molecule has 3 heteroatoms. The molecule has 0 atom stereocenters. The molecule has 0 radical (unpaired) electrons. The van der Waals surface area contributed by atoms with Gasteiger partial charge in [-0.25, -0.2) is 0 Å². The van der Waals surface area contributed by atoms with Crippen molar-refractivity contribution >= 4 is 5.97 Å². The van der Waals surface area contributed by atoms with Crippen LogP contribution in [-0.2, 0) is 9.53 Å². The molecule has 0 rings (SSSR count). The van der Waals surface area contributed by atoms with Crippen LogP contribution in [0.5, 0.6) is 0 Å². The van der Waals surface area contributed by atoms with Crippen molar-refractivity contribution in [2.45, 2.75) is 13.3 Å². The largest absolute Gasteiger partial charge is 0.542 e. The molecule has 0 aromatic rings. The number of carboxylic acids is 1. The van der Waals surface area contributed by atoms with E-state index < -0.39 is 5.97 Å². The zero-order valence-corrected chi connectivity index (χ0v) is 5.35. The molecule has 0 saturated heterocycles. The Bertz CT molecular complexity index is 117. The molecule has 9 heavy (non-hydrogen) atoms. The SMILES string of the molecule is C=C(OCCC)C(=O)[O-]. The van der Waals surface area contributed by atoms with Gasteiger partial charge in [0.15, 0.2) is 0 Å². The first-order chi connectivity index (χ1) is 4.18. The molecule has 0 aliphatic heterocycles. The van der Waals surface area contributed by atoms with Gasteiger partial charge < -0.3 is 14.6 Å². The van der Waals surface area contributed by atoms with Crippen molar-refractivity contribution in [2.75, 3.05) is 6.61 Å². The van der Waals surface area contributed by atoms with Crippen LogP contribution in [0.3, 0.4) is 0 Å². The summed E-state index contributed by atoms with van der Waals surface area (Å²) < 4.78 is 4.60. The fourth-order valence-electron chi connectivity index (χ4n) is 0.284. The smallest absolute Gasteiger partial charge is 0.134 e. The van der Waals surface area contributed by atoms with E-state index in [9.17, 15) is 9.90 Å². The van der Waals surface area contributed by atoms with E-state index in [4.69, 9.17) is 0 Å². The number of hydrogen-bond acceptors (Lipinski definition) is 3. The summed E-state index contributed by atoms with van der Waals surface area (Å²) in [4.78, 5) is 9.87. The first-order valence-corrected chi connectivity index (χ1v) is 2.71. The summed E-state index contributed by atoms with van der Waals surface area (Å²) in [5.41, 5.74) is 0. The van der Waals surface area contributed by atoms with Gasteiger partial charge in [-0.1, -0.05) is 13.5 Å². The molecule has 0 unspecified atom stereocenters. The minimum absolute atomic E-state index is 0.295. The number of carbonyl (C=O) groups excluding carboxylic acids is 1. The number of hydrogen-bond donors (Lipinski definition) is 0. The zero-order valence-electron chi connectivity index (χ0n) is 5.35. The third-order valence-corrected chi connectivity index (χ3v) is 0.708. The van der Waals surface area contributed by atoms with Gasteiger partial charge in [0, 0.05) is 0 Å². The highest BCUT2D eigenvalue weighted by atomic mass is 16.5. The van der Waals surface area contributed by atoms with Crippen LogP contribution in [-0.4, -0.2) is 12.6 Å². The minimum atomic E-state index is -1.34. The van der Waals surface area contributed by atoms with Crippen molar-refractivity contribution in [3.05, 3.63) is 12.3 Å². The van der Waals surface area contributed by atoms with Crippen LogP contribution in [0.15, 0.2) is 12.3 Å². The van der Waals surface area contributed by atoms with Crippen LogP contribution < -0.4 is 5.11 Å². The van der Waals surface area contributed by atoms with Crippen molar-refractivity contribution in [3.63, 3.8) is 0 Å². The van der Waals surface area contributed by atoms with Gasteiger partial charge >= 0.3 is 0 Å². The summed E-state index contributed by atoms with van der Waals surface area (Å²) in [6.45, 7) is 5.37. The Kier molecular flexibility index (Phi) is 3.51. The predicted octanol–water partition coefficient (Wildman–Crippen LogP) is -0.323. The molecule has 0 amide bonds. The fraction of sp³-hybridized carbons (Fsp3) is 0.500. The topological polar surface area (TPSA) is 49.4 Å². The molecule has 0 aromatic carbocycles. The summed E-state index contributed by atoms with van der Waals surface area (Å²) in [6, 6.07) is 0. The molecule has 0 saturated carbocycles. The monoisotopic (exact) mass is 129 g/mol. The van der Waals surface area contributed by atoms with Crippen molar-refractivity contribution < 1.29 is 14.6 Å². The molecule has 0 spiro atoms. The Labute approximate surface area is 53.9 Å². The van der Waals surface area contributed by atoms with Crippen molar-refractivity contribution in [1.82, 2.24) is 0 Å². The van der Waals surface area contributed by atoms with Crippen LogP contribution in [0.4, 0.5) is 0 Å². The molecule has 0 N–H and O–H groups in total. The van der Waals surface area contributed by atoms with Gasteiger partial charge in [0.2, 0.25) is 0 Å². The molecular formula is C6H9O3-. The van der Waals surface area contributed by atoms with Gasteiger partial charge in [-0.2, -0.15) is 0 Å². The van der Waals surface area contributed by atoms with E-state index in [0.717, 1.165) is 6.42 Å². The van der Waals surface area contributed by atoms with Crippen LogP contribution in [0.1, 0.15) is 13.3 Å². The first kappa shape index (κ1) is 8.01. The molecule has 3 nitrogen and oxygen atoms in total. The fourth-order valence-corrected chi connectivity index (χ4v) is 0.284. The standard InChI is InChI=1S/C6H10O3/c1-3-4-9-5(2)6(7)8/h2-4H2,1H3,(H,7,8)/p-1. The molecule has 0 bridgehead atoms. The lowest BCUT2D eigenvalue weighted by molar-refractivity contribution is -0.303. The maximum absolute atomic E-state index is 9.87. The second-order valence-electron chi connectivity index (χ2n) is 1.56. The highest BCUT2D eigenvalue weighted by molar-refractivity contribution is 5.81. The summed E-state index contributed by atoms with van der Waals surface area (Å²) in [7, 11) is 0. The van der Waals surface area contributed by atoms with Gasteiger partial charge in [0.25, 0.3) is 0 Å². The summed E-state index contributed by atoms with van der Waals surface area (Å²) in [5, 5.41) is 9.87. The van der Waals surface area contributed by atoms with Crippen molar-refractivity contribution in [3.8, 4) is 0 Å². The van der Waals surface area contributed by atoms with E-state index in [2.05, 4.69) is 11.3 Å². The molecule has 0 heterocycles. The highest BCUT2D eigenvalue weighted by Crippen LogP contribution is 1.91. The van der Waals surface area contributed by atoms with Crippen molar-refractivity contribution in [2.24, 2.45) is 0 Å². The summed E-state index contributed by atoms with van der Waals surface area (Å²) in [6.07, 6.45) is 0.770. The predicted molar refractivity (Wildman–Crippen MR) is 30.4 cm³/mol. The average Bonchev–Trinajstić information content (AvgIpc) is 1.82. The number of carboxylic acid groups (broad SMARTS) is 1. The van der Waals surface area contributed by atoms with Gasteiger partial charge in [0.1, 0.15) is 11.7 Å². The molecule has 0 aliphatic carbocycles. The van der Waals surface area contributed by atoms with Gasteiger partial charge in [-0.05, 0) is 6.42 Å². The Morgan fingerprint density at radius 2 is 2.33 bits per heavy atom. The lowest BCUT2D eigenvalue weighted by atomic mass is 10.5. The molecule has 52 valence electrons. The zero-order chi connectivity index (χ0) is 7.28. The summed E-state index contributed by atoms with van der Waals surface area (Å²) >= 11 is 0. The van der Waals surface area contributed by atoms with Crippen LogP contribution in [0, 0.1) is 0 Å². The third-order valence-electron chi connectivity index (χ3n) is 0.708. The van der Waals surface area contributed by atoms with E-state index >= 15 is 0 Å². The maximum atomic E-state index is 9.87. The van der Waals surface area contributed by atoms with E-state index in [0.29, 0.717) is 6.61 Å². The Morgan fingerprint density at radius 3 is 2.67 bits per heavy atom. The summed E-state index contributed by atoms with van der Waals surface area (Å²) in [5.74, 6) is -1.64. The van der Waals surface area contributed by atoms with Gasteiger partial charge in [-0.3, -0.25) is 0 Å². The number of rotatable bonds is 4. The van der Waals surface area contributed by atoms with Crippen LogP contribution in [0.2, 0.25) is 0 Å². The first-order valence-electron chi connectivity index (χ1n) is 2.71. The molecule has 0 fully saturated rings. The Morgan fingerprint density at radius 1 is 1.78 bits per heavy atom. The highest BCUT2D eigenvalue weighted by Gasteiger charge is 1.91. The Hall–Kier alpha value is -0.990. The van der Waals surface area contributed by atoms with Crippen molar-refractivity contribution in [1.29, 1.82) is 0 Å². The molecule has 0 aromatic heterocycles. The molecular weight excluding hydrogens is 120 g/mol. The number of aliphatic carboxylic acids is 1. The lowest BCUT2D eigenvalue weighted by Gasteiger charge is -2.06. The lowest BCUT2D eigenvalue weighted by Crippen LogP contribution is -2.25.